The van der Waals surface area contributed by atoms with E-state index in [1.54, 1.807) is 0 Å². The Hall–Kier alpha value is -0.210. The molecule has 4 heteroatoms. The van der Waals surface area contributed by atoms with E-state index in [1.807, 2.05) is 13.8 Å². The van der Waals surface area contributed by atoms with Gasteiger partial charge in [0.2, 0.25) is 0 Å². The van der Waals surface area contributed by atoms with Crippen LogP contribution in [0.3, 0.4) is 0 Å². The van der Waals surface area contributed by atoms with Gasteiger partial charge in [-0.1, -0.05) is 25.4 Å². The number of hydrogen-bond acceptors (Lipinski definition) is 2. The van der Waals surface area contributed by atoms with Gasteiger partial charge in [0.15, 0.2) is 0 Å². The molecule has 0 radical (unpaired) electrons. The molecule has 2 atom stereocenters. The summed E-state index contributed by atoms with van der Waals surface area (Å²) in [5.74, 6) is 0.237. The van der Waals surface area contributed by atoms with Crippen LogP contribution in [0.5, 0.6) is 0 Å². The molecule has 1 fully saturated rings. The molecule has 1 aliphatic rings. The highest BCUT2D eigenvalue weighted by Gasteiger charge is 2.40. The third kappa shape index (κ3) is 2.00. The van der Waals surface area contributed by atoms with Gasteiger partial charge in [-0.25, -0.2) is 4.79 Å². The minimum atomic E-state index is -0.334. The van der Waals surface area contributed by atoms with E-state index in [-0.39, 0.29) is 23.9 Å². The van der Waals surface area contributed by atoms with Crippen molar-refractivity contribution in [1.82, 2.24) is 0 Å². The minimum Gasteiger partial charge on any atom is -0.458 e. The first kappa shape index (κ1) is 10.9. The zero-order chi connectivity index (χ0) is 10.0. The van der Waals surface area contributed by atoms with Crippen molar-refractivity contribution in [1.29, 1.82) is 0 Å². The molecule has 0 saturated carbocycles. The number of halogens is 2. The van der Waals surface area contributed by atoms with Crippen molar-refractivity contribution in [2.75, 3.05) is 5.88 Å². The lowest BCUT2D eigenvalue weighted by molar-refractivity contribution is -0.140. The van der Waals surface area contributed by atoms with Crippen LogP contribution >= 0.6 is 23.2 Å². The molecule has 0 aliphatic carbocycles. The van der Waals surface area contributed by atoms with E-state index in [4.69, 9.17) is 27.9 Å². The van der Waals surface area contributed by atoms with Crippen LogP contribution in [0.2, 0.25) is 0 Å². The molecule has 74 valence electrons. The smallest absolute Gasteiger partial charge is 0.335 e. The Morgan fingerprint density at radius 3 is 2.62 bits per heavy atom. The number of cyclic esters (lactones) is 1. The Balaban J connectivity index is 2.88. The Labute approximate surface area is 87.8 Å². The van der Waals surface area contributed by atoms with Crippen molar-refractivity contribution in [3.63, 3.8) is 0 Å². The Kier molecular flexibility index (Phi) is 3.63. The van der Waals surface area contributed by atoms with Gasteiger partial charge in [-0.05, 0) is 5.92 Å². The van der Waals surface area contributed by atoms with Crippen LogP contribution in [0.4, 0.5) is 0 Å². The first-order valence-corrected chi connectivity index (χ1v) is 5.16. The van der Waals surface area contributed by atoms with Gasteiger partial charge >= 0.3 is 5.97 Å². The number of rotatable bonds is 2. The molecule has 1 heterocycles. The lowest BCUT2D eigenvalue weighted by Crippen LogP contribution is -2.24. The molecule has 0 aromatic rings. The van der Waals surface area contributed by atoms with Gasteiger partial charge in [-0.15, -0.1) is 11.6 Å². The average Bonchev–Trinajstić information content (AvgIpc) is 2.41. The fourth-order valence-electron chi connectivity index (χ4n) is 1.50. The molecular weight excluding hydrogens is 211 g/mol. The predicted octanol–water partition coefficient (Wildman–Crippen LogP) is 2.55. The molecule has 2 nitrogen and oxygen atoms in total. The Morgan fingerprint density at radius 1 is 1.62 bits per heavy atom. The average molecular weight is 223 g/mol. The fraction of sp³-hybridized carbons (Fsp3) is 0.667. The maximum absolute atomic E-state index is 11.3. The van der Waals surface area contributed by atoms with Gasteiger partial charge in [0.1, 0.15) is 6.10 Å². The summed E-state index contributed by atoms with van der Waals surface area (Å²) in [7, 11) is 0. The van der Waals surface area contributed by atoms with Gasteiger partial charge in [0, 0.05) is 17.3 Å². The number of alkyl halides is 1. The fourth-order valence-corrected chi connectivity index (χ4v) is 2.09. The van der Waals surface area contributed by atoms with Crippen molar-refractivity contribution < 1.29 is 9.53 Å². The molecule has 1 saturated heterocycles. The quantitative estimate of drug-likeness (QED) is 0.408. The zero-order valence-electron chi connectivity index (χ0n) is 7.59. The number of hydrogen-bond donors (Lipinski definition) is 0. The number of esters is 1. The van der Waals surface area contributed by atoms with Gasteiger partial charge in [-0.2, -0.15) is 0 Å². The second-order valence-electron chi connectivity index (χ2n) is 3.44. The lowest BCUT2D eigenvalue weighted by Gasteiger charge is -2.18. The molecule has 0 amide bonds. The summed E-state index contributed by atoms with van der Waals surface area (Å²) < 4.78 is 5.15. The zero-order valence-corrected chi connectivity index (χ0v) is 9.10. The van der Waals surface area contributed by atoms with E-state index in [0.717, 1.165) is 0 Å². The molecule has 0 spiro atoms. The minimum absolute atomic E-state index is 0.0633. The highest BCUT2D eigenvalue weighted by atomic mass is 35.5. The summed E-state index contributed by atoms with van der Waals surface area (Å²) in [6.07, 6.45) is -0.130. The molecule has 0 bridgehead atoms. The third-order valence-corrected chi connectivity index (χ3v) is 2.78. The van der Waals surface area contributed by atoms with E-state index in [0.29, 0.717) is 11.5 Å². The van der Waals surface area contributed by atoms with Crippen molar-refractivity contribution in [3.05, 3.63) is 11.1 Å². The van der Waals surface area contributed by atoms with Crippen LogP contribution in [0, 0.1) is 11.8 Å². The Bertz CT molecular complexity index is 236. The SMILES string of the molecule is CC(C)[C@@H]1OC(=O)/C(=C\Cl)[C@@H]1CCl. The Morgan fingerprint density at radius 2 is 2.23 bits per heavy atom. The maximum atomic E-state index is 11.3. The van der Waals surface area contributed by atoms with E-state index < -0.39 is 0 Å². The summed E-state index contributed by atoms with van der Waals surface area (Å²) >= 11 is 11.3. The highest BCUT2D eigenvalue weighted by molar-refractivity contribution is 6.28. The van der Waals surface area contributed by atoms with E-state index in [2.05, 4.69) is 0 Å². The van der Waals surface area contributed by atoms with Crippen LogP contribution in [0.1, 0.15) is 13.8 Å². The monoisotopic (exact) mass is 222 g/mol. The van der Waals surface area contributed by atoms with Crippen molar-refractivity contribution in [3.8, 4) is 0 Å². The summed E-state index contributed by atoms with van der Waals surface area (Å²) in [6, 6.07) is 0. The predicted molar refractivity (Wildman–Crippen MR) is 52.9 cm³/mol. The second kappa shape index (κ2) is 4.34. The largest absolute Gasteiger partial charge is 0.458 e. The van der Waals surface area contributed by atoms with Crippen LogP contribution in [0.15, 0.2) is 11.1 Å². The van der Waals surface area contributed by atoms with Gasteiger partial charge in [0.25, 0.3) is 0 Å². The number of carbonyl (C=O) groups excluding carboxylic acids is 1. The molecular formula is C9H12Cl2O2. The summed E-state index contributed by atoms with van der Waals surface area (Å²) in [5, 5.41) is 0. The van der Waals surface area contributed by atoms with Crippen LogP contribution in [-0.2, 0) is 9.53 Å². The first-order chi connectivity index (χ1) is 6.11. The van der Waals surface area contributed by atoms with Crippen LogP contribution < -0.4 is 0 Å². The van der Waals surface area contributed by atoms with Gasteiger partial charge in [0.05, 0.1) is 5.57 Å². The highest BCUT2D eigenvalue weighted by Crippen LogP contribution is 2.33. The molecule has 0 N–H and O–H groups in total. The second-order valence-corrected chi connectivity index (χ2v) is 3.97. The van der Waals surface area contributed by atoms with Crippen LogP contribution in [0.25, 0.3) is 0 Å². The molecule has 13 heavy (non-hydrogen) atoms. The van der Waals surface area contributed by atoms with Crippen molar-refractivity contribution >= 4 is 29.2 Å². The maximum Gasteiger partial charge on any atom is 0.335 e. The molecule has 0 unspecified atom stereocenters. The van der Waals surface area contributed by atoms with Gasteiger partial charge < -0.3 is 4.74 Å². The first-order valence-electron chi connectivity index (χ1n) is 4.19. The summed E-state index contributed by atoms with van der Waals surface area (Å²) in [4.78, 5) is 11.3. The molecule has 0 aromatic heterocycles. The topological polar surface area (TPSA) is 26.3 Å². The normalized spacial score (nSPS) is 31.5. The number of ether oxygens (including phenoxy) is 1. The van der Waals surface area contributed by atoms with Gasteiger partial charge in [-0.3, -0.25) is 0 Å². The molecule has 0 aromatic carbocycles. The molecule has 1 aliphatic heterocycles. The summed E-state index contributed by atoms with van der Waals surface area (Å²) in [5.41, 5.74) is 1.77. The van der Waals surface area contributed by atoms with E-state index >= 15 is 0 Å². The van der Waals surface area contributed by atoms with Crippen LogP contribution in [-0.4, -0.2) is 18.0 Å². The van der Waals surface area contributed by atoms with Crippen molar-refractivity contribution in [2.24, 2.45) is 11.8 Å². The number of carbonyl (C=O) groups is 1. The lowest BCUT2D eigenvalue weighted by atomic mass is 9.92. The summed E-state index contributed by atoms with van der Waals surface area (Å²) in [6.45, 7) is 3.99. The van der Waals surface area contributed by atoms with E-state index in [1.165, 1.54) is 5.54 Å². The van der Waals surface area contributed by atoms with E-state index in [9.17, 15) is 4.79 Å². The van der Waals surface area contributed by atoms with Crippen molar-refractivity contribution in [2.45, 2.75) is 20.0 Å². The third-order valence-electron chi connectivity index (χ3n) is 2.22. The molecule has 1 rings (SSSR count). The standard InChI is InChI=1S/C9H12Cl2O2/c1-5(2)8-6(3-10)7(4-11)9(12)13-8/h4-6,8H,3H2,1-2H3/b7-4-/t6-,8-/m0/s1.